The zero-order valence-corrected chi connectivity index (χ0v) is 5.96. The highest BCUT2D eigenvalue weighted by Gasteiger charge is 2.20. The predicted molar refractivity (Wildman–Crippen MR) is 42.7 cm³/mol. The van der Waals surface area contributed by atoms with E-state index >= 15 is 0 Å². The molecule has 0 amide bonds. The topological polar surface area (TPSA) is 20.2 Å². The van der Waals surface area contributed by atoms with Gasteiger partial charge in [-0.05, 0) is 12.8 Å². The molecular formula is C9H12O. The number of aliphatic hydroxyl groups is 1. The van der Waals surface area contributed by atoms with Crippen LogP contribution in [0.2, 0.25) is 0 Å². The Morgan fingerprint density at radius 2 is 2.40 bits per heavy atom. The average Bonchev–Trinajstić information content (AvgIpc) is 1.89. The largest absolute Gasteiger partial charge is 0.385 e. The molecule has 0 aromatic rings. The molecule has 0 aromatic carbocycles. The second-order valence-electron chi connectivity index (χ2n) is 2.59. The molecule has 0 saturated carbocycles. The van der Waals surface area contributed by atoms with Gasteiger partial charge in [-0.2, -0.15) is 0 Å². The summed E-state index contributed by atoms with van der Waals surface area (Å²) in [5, 5.41) is 9.66. The van der Waals surface area contributed by atoms with Crippen LogP contribution in [0.1, 0.15) is 12.8 Å². The van der Waals surface area contributed by atoms with E-state index in [4.69, 9.17) is 0 Å². The summed E-state index contributed by atoms with van der Waals surface area (Å²) in [5.41, 5.74) is -0.656. The summed E-state index contributed by atoms with van der Waals surface area (Å²) in [5.74, 6) is 0. The van der Waals surface area contributed by atoms with E-state index in [-0.39, 0.29) is 0 Å². The lowest BCUT2D eigenvalue weighted by Gasteiger charge is -2.22. The maximum absolute atomic E-state index is 9.66. The first-order valence-electron chi connectivity index (χ1n) is 3.44. The van der Waals surface area contributed by atoms with Gasteiger partial charge in [0.1, 0.15) is 0 Å². The first kappa shape index (κ1) is 7.29. The number of rotatable bonds is 2. The molecule has 1 atom stereocenters. The Bertz CT molecular complexity index is 175. The highest BCUT2D eigenvalue weighted by atomic mass is 16.3. The summed E-state index contributed by atoms with van der Waals surface area (Å²) in [7, 11) is 0. The molecule has 0 aromatic heterocycles. The van der Waals surface area contributed by atoms with Gasteiger partial charge in [-0.25, -0.2) is 0 Å². The summed E-state index contributed by atoms with van der Waals surface area (Å²) >= 11 is 0. The van der Waals surface area contributed by atoms with Crippen molar-refractivity contribution in [2.24, 2.45) is 0 Å². The molecule has 1 N–H and O–H groups in total. The third-order valence-corrected chi connectivity index (χ3v) is 1.62. The number of hydrogen-bond donors (Lipinski definition) is 1. The lowest BCUT2D eigenvalue weighted by atomic mass is 9.92. The van der Waals surface area contributed by atoms with Gasteiger partial charge in [-0.1, -0.05) is 30.4 Å². The Balaban J connectivity index is 2.60. The van der Waals surface area contributed by atoms with E-state index in [2.05, 4.69) is 6.58 Å². The molecule has 0 radical (unpaired) electrons. The van der Waals surface area contributed by atoms with Gasteiger partial charge in [0.25, 0.3) is 0 Å². The van der Waals surface area contributed by atoms with E-state index in [0.717, 1.165) is 0 Å². The van der Waals surface area contributed by atoms with Crippen LogP contribution in [-0.4, -0.2) is 10.7 Å². The van der Waals surface area contributed by atoms with E-state index in [9.17, 15) is 5.11 Å². The fourth-order valence-corrected chi connectivity index (χ4v) is 1.05. The van der Waals surface area contributed by atoms with Crippen LogP contribution >= 0.6 is 0 Å². The van der Waals surface area contributed by atoms with Crippen LogP contribution in [0.15, 0.2) is 37.0 Å². The zero-order chi connectivity index (χ0) is 7.45. The number of allylic oxidation sites excluding steroid dienone is 2. The van der Waals surface area contributed by atoms with Crippen molar-refractivity contribution in [1.29, 1.82) is 0 Å². The van der Waals surface area contributed by atoms with Gasteiger partial charge in [0, 0.05) is 0 Å². The third kappa shape index (κ3) is 1.58. The Kier molecular flexibility index (Phi) is 2.07. The normalized spacial score (nSPS) is 30.5. The molecule has 10 heavy (non-hydrogen) atoms. The first-order valence-corrected chi connectivity index (χ1v) is 3.44. The maximum Gasteiger partial charge on any atom is 0.0899 e. The van der Waals surface area contributed by atoms with Crippen LogP contribution in [0.4, 0.5) is 0 Å². The van der Waals surface area contributed by atoms with Crippen molar-refractivity contribution in [1.82, 2.24) is 0 Å². The minimum atomic E-state index is -0.656. The molecule has 0 saturated heterocycles. The monoisotopic (exact) mass is 136 g/mol. The molecule has 0 heterocycles. The SMILES string of the molecule is C=CCC1(O)C=CC=CC1. The van der Waals surface area contributed by atoms with Crippen LogP contribution in [0.5, 0.6) is 0 Å². The smallest absolute Gasteiger partial charge is 0.0899 e. The van der Waals surface area contributed by atoms with Crippen molar-refractivity contribution in [3.05, 3.63) is 37.0 Å². The molecule has 1 rings (SSSR count). The Labute approximate surface area is 61.4 Å². The molecular weight excluding hydrogens is 124 g/mol. The second-order valence-corrected chi connectivity index (χ2v) is 2.59. The van der Waals surface area contributed by atoms with Gasteiger partial charge in [-0.3, -0.25) is 0 Å². The van der Waals surface area contributed by atoms with Crippen molar-refractivity contribution in [3.8, 4) is 0 Å². The van der Waals surface area contributed by atoms with Crippen LogP contribution in [-0.2, 0) is 0 Å². The Hall–Kier alpha value is -0.820. The van der Waals surface area contributed by atoms with E-state index in [1.54, 1.807) is 6.08 Å². The molecule has 0 spiro atoms. The molecule has 1 aliphatic carbocycles. The van der Waals surface area contributed by atoms with Crippen molar-refractivity contribution in [2.75, 3.05) is 0 Å². The lowest BCUT2D eigenvalue weighted by molar-refractivity contribution is 0.0964. The predicted octanol–water partition coefficient (Wildman–Crippen LogP) is 1.81. The van der Waals surface area contributed by atoms with Crippen molar-refractivity contribution >= 4 is 0 Å². The molecule has 0 bridgehead atoms. The molecule has 1 heteroatoms. The Morgan fingerprint density at radius 3 is 2.90 bits per heavy atom. The minimum Gasteiger partial charge on any atom is -0.385 e. The summed E-state index contributed by atoms with van der Waals surface area (Å²) < 4.78 is 0. The second kappa shape index (κ2) is 2.84. The molecule has 0 aliphatic heterocycles. The van der Waals surface area contributed by atoms with E-state index in [1.165, 1.54) is 0 Å². The fraction of sp³-hybridized carbons (Fsp3) is 0.333. The summed E-state index contributed by atoms with van der Waals surface area (Å²) in [6, 6.07) is 0. The lowest BCUT2D eigenvalue weighted by Crippen LogP contribution is -2.24. The molecule has 0 fully saturated rings. The molecule has 1 unspecified atom stereocenters. The minimum absolute atomic E-state index is 0.633. The van der Waals surface area contributed by atoms with Gasteiger partial charge in [0.15, 0.2) is 0 Å². The van der Waals surface area contributed by atoms with E-state index in [1.807, 2.05) is 24.3 Å². The molecule has 1 nitrogen and oxygen atoms in total. The van der Waals surface area contributed by atoms with E-state index < -0.39 is 5.60 Å². The standard InChI is InChI=1S/C9H12O/c1-2-6-9(10)7-4-3-5-8-9/h2-5,7,10H,1,6,8H2. The van der Waals surface area contributed by atoms with E-state index in [0.29, 0.717) is 12.8 Å². The van der Waals surface area contributed by atoms with Crippen LogP contribution in [0.3, 0.4) is 0 Å². The van der Waals surface area contributed by atoms with Gasteiger partial charge in [0.05, 0.1) is 5.60 Å². The average molecular weight is 136 g/mol. The summed E-state index contributed by atoms with van der Waals surface area (Å²) in [6.07, 6.45) is 10.7. The quantitative estimate of drug-likeness (QED) is 0.574. The zero-order valence-electron chi connectivity index (χ0n) is 5.96. The van der Waals surface area contributed by atoms with Gasteiger partial charge >= 0.3 is 0 Å². The van der Waals surface area contributed by atoms with Crippen LogP contribution < -0.4 is 0 Å². The summed E-state index contributed by atoms with van der Waals surface area (Å²) in [6.45, 7) is 3.58. The van der Waals surface area contributed by atoms with Crippen LogP contribution in [0.25, 0.3) is 0 Å². The van der Waals surface area contributed by atoms with Gasteiger partial charge in [0.2, 0.25) is 0 Å². The van der Waals surface area contributed by atoms with Crippen molar-refractivity contribution in [3.63, 3.8) is 0 Å². The highest BCUT2D eigenvalue weighted by Crippen LogP contribution is 2.21. The van der Waals surface area contributed by atoms with Crippen molar-refractivity contribution in [2.45, 2.75) is 18.4 Å². The summed E-state index contributed by atoms with van der Waals surface area (Å²) in [4.78, 5) is 0. The highest BCUT2D eigenvalue weighted by molar-refractivity contribution is 5.18. The number of hydrogen-bond acceptors (Lipinski definition) is 1. The van der Waals surface area contributed by atoms with Crippen molar-refractivity contribution < 1.29 is 5.11 Å². The van der Waals surface area contributed by atoms with Gasteiger partial charge in [-0.15, -0.1) is 6.58 Å². The molecule has 54 valence electrons. The Morgan fingerprint density at radius 1 is 1.60 bits per heavy atom. The molecule has 1 aliphatic rings. The van der Waals surface area contributed by atoms with Gasteiger partial charge < -0.3 is 5.11 Å². The maximum atomic E-state index is 9.66. The third-order valence-electron chi connectivity index (χ3n) is 1.62. The fourth-order valence-electron chi connectivity index (χ4n) is 1.05. The first-order chi connectivity index (χ1) is 4.77. The van der Waals surface area contributed by atoms with Crippen LogP contribution in [0, 0.1) is 0 Å².